The number of nitrogens with zero attached hydrogens (tertiary/aromatic N) is 4. The lowest BCUT2D eigenvalue weighted by Gasteiger charge is -2.16. The summed E-state index contributed by atoms with van der Waals surface area (Å²) in [4.78, 5) is 0. The molecule has 0 bridgehead atoms. The van der Waals surface area contributed by atoms with Crippen molar-refractivity contribution in [3.8, 4) is 11.4 Å². The summed E-state index contributed by atoms with van der Waals surface area (Å²) in [6.45, 7) is 2.01. The zero-order valence-corrected chi connectivity index (χ0v) is 14.6. The standard InChI is InChI=1S/C16H15Cl2N5O/c1-10(11-5-3-6-12(9-11)24-2)19-16-20-21-22-23(16)14-8-4-7-13(17)15(14)18/h3-10H,1-2H3,(H,19,20,22)/t10-/m1/s1. The van der Waals surface area contributed by atoms with Gasteiger partial charge in [0.1, 0.15) is 5.75 Å². The molecule has 0 saturated carbocycles. The SMILES string of the molecule is COc1cccc([C@@H](C)Nc2nnnn2-c2cccc(Cl)c2Cl)c1. The molecule has 0 unspecified atom stereocenters. The van der Waals surface area contributed by atoms with Gasteiger partial charge in [-0.25, -0.2) is 0 Å². The molecule has 0 radical (unpaired) electrons. The molecule has 0 spiro atoms. The van der Waals surface area contributed by atoms with Gasteiger partial charge in [-0.3, -0.25) is 0 Å². The van der Waals surface area contributed by atoms with Gasteiger partial charge in [0, 0.05) is 0 Å². The van der Waals surface area contributed by atoms with Crippen LogP contribution in [-0.4, -0.2) is 27.3 Å². The van der Waals surface area contributed by atoms with Crippen molar-refractivity contribution in [3.05, 3.63) is 58.1 Å². The van der Waals surface area contributed by atoms with Gasteiger partial charge in [0.15, 0.2) is 0 Å². The topological polar surface area (TPSA) is 64.9 Å². The van der Waals surface area contributed by atoms with Gasteiger partial charge in [0.2, 0.25) is 5.95 Å². The van der Waals surface area contributed by atoms with Gasteiger partial charge in [-0.05, 0) is 47.2 Å². The van der Waals surface area contributed by atoms with E-state index in [4.69, 9.17) is 27.9 Å². The number of tetrazole rings is 1. The molecule has 0 aliphatic heterocycles. The van der Waals surface area contributed by atoms with Crippen LogP contribution in [0, 0.1) is 0 Å². The van der Waals surface area contributed by atoms with E-state index in [0.29, 0.717) is 21.7 Å². The summed E-state index contributed by atoms with van der Waals surface area (Å²) in [5, 5.41) is 15.9. The fraction of sp³-hybridized carbons (Fsp3) is 0.188. The Morgan fingerprint density at radius 1 is 1.17 bits per heavy atom. The Balaban J connectivity index is 1.89. The third-order valence-electron chi connectivity index (χ3n) is 3.57. The summed E-state index contributed by atoms with van der Waals surface area (Å²) in [5.41, 5.74) is 1.65. The fourth-order valence-corrected chi connectivity index (χ4v) is 2.66. The predicted octanol–water partition coefficient (Wildman–Crippen LogP) is 4.15. The van der Waals surface area contributed by atoms with Gasteiger partial charge in [0.25, 0.3) is 0 Å². The first kappa shape index (κ1) is 16.5. The summed E-state index contributed by atoms with van der Waals surface area (Å²) in [7, 11) is 1.64. The van der Waals surface area contributed by atoms with Crippen LogP contribution in [0.15, 0.2) is 42.5 Å². The molecule has 3 rings (SSSR count). The van der Waals surface area contributed by atoms with Gasteiger partial charge in [-0.1, -0.05) is 46.5 Å². The summed E-state index contributed by atoms with van der Waals surface area (Å²) in [5.74, 6) is 1.26. The Labute approximate surface area is 149 Å². The third-order valence-corrected chi connectivity index (χ3v) is 4.38. The number of anilines is 1. The maximum absolute atomic E-state index is 6.26. The van der Waals surface area contributed by atoms with Crippen LogP contribution in [0.25, 0.3) is 5.69 Å². The number of ether oxygens (including phenoxy) is 1. The molecular weight excluding hydrogens is 349 g/mol. The molecule has 0 amide bonds. The minimum Gasteiger partial charge on any atom is -0.497 e. The number of hydrogen-bond donors (Lipinski definition) is 1. The molecule has 1 aromatic heterocycles. The Morgan fingerprint density at radius 3 is 2.75 bits per heavy atom. The molecule has 124 valence electrons. The number of benzene rings is 2. The van der Waals surface area contributed by atoms with Gasteiger partial charge in [-0.2, -0.15) is 4.68 Å². The smallest absolute Gasteiger partial charge is 0.248 e. The molecule has 1 N–H and O–H groups in total. The van der Waals surface area contributed by atoms with Crippen LogP contribution in [-0.2, 0) is 0 Å². The number of hydrogen-bond acceptors (Lipinski definition) is 5. The number of methoxy groups -OCH3 is 1. The van der Waals surface area contributed by atoms with Crippen molar-refractivity contribution >= 4 is 29.2 Å². The molecular formula is C16H15Cl2N5O. The van der Waals surface area contributed by atoms with Crippen molar-refractivity contribution in [2.75, 3.05) is 12.4 Å². The molecule has 24 heavy (non-hydrogen) atoms. The van der Waals surface area contributed by atoms with Crippen molar-refractivity contribution in [2.24, 2.45) is 0 Å². The Hall–Kier alpha value is -2.31. The van der Waals surface area contributed by atoms with E-state index in [0.717, 1.165) is 11.3 Å². The lowest BCUT2D eigenvalue weighted by atomic mass is 10.1. The molecule has 0 aliphatic carbocycles. The zero-order valence-electron chi connectivity index (χ0n) is 13.1. The van der Waals surface area contributed by atoms with Crippen molar-refractivity contribution < 1.29 is 4.74 Å². The molecule has 0 saturated heterocycles. The maximum Gasteiger partial charge on any atom is 0.248 e. The van der Waals surface area contributed by atoms with Crippen molar-refractivity contribution in [1.82, 2.24) is 20.2 Å². The molecule has 8 heteroatoms. The van der Waals surface area contributed by atoms with E-state index >= 15 is 0 Å². The van der Waals surface area contributed by atoms with Crippen LogP contribution in [0.2, 0.25) is 10.0 Å². The van der Waals surface area contributed by atoms with Crippen LogP contribution in [0.4, 0.5) is 5.95 Å². The minimum atomic E-state index is -0.0391. The quantitative estimate of drug-likeness (QED) is 0.737. The predicted molar refractivity (Wildman–Crippen MR) is 94.2 cm³/mol. The molecule has 3 aromatic rings. The first-order valence-electron chi connectivity index (χ1n) is 7.23. The largest absolute Gasteiger partial charge is 0.497 e. The maximum atomic E-state index is 6.26. The normalized spacial score (nSPS) is 12.0. The highest BCUT2D eigenvalue weighted by atomic mass is 35.5. The van der Waals surface area contributed by atoms with E-state index in [1.165, 1.54) is 4.68 Å². The third kappa shape index (κ3) is 3.29. The average molecular weight is 364 g/mol. The monoisotopic (exact) mass is 363 g/mol. The fourth-order valence-electron chi connectivity index (χ4n) is 2.28. The second-order valence-corrected chi connectivity index (χ2v) is 5.92. The molecule has 0 fully saturated rings. The minimum absolute atomic E-state index is 0.0391. The molecule has 1 atom stereocenters. The Kier molecular flexibility index (Phi) is 4.87. The Morgan fingerprint density at radius 2 is 1.96 bits per heavy atom. The Bertz CT molecular complexity index is 852. The van der Waals surface area contributed by atoms with E-state index < -0.39 is 0 Å². The van der Waals surface area contributed by atoms with Crippen LogP contribution in [0.5, 0.6) is 5.75 Å². The van der Waals surface area contributed by atoms with Gasteiger partial charge >= 0.3 is 0 Å². The summed E-state index contributed by atoms with van der Waals surface area (Å²) >= 11 is 12.3. The summed E-state index contributed by atoms with van der Waals surface area (Å²) in [6, 6.07) is 13.0. The lowest BCUT2D eigenvalue weighted by Crippen LogP contribution is -2.12. The second kappa shape index (κ2) is 7.07. The number of nitrogens with one attached hydrogen (secondary N) is 1. The zero-order chi connectivity index (χ0) is 17.1. The highest BCUT2D eigenvalue weighted by Crippen LogP contribution is 2.30. The van der Waals surface area contributed by atoms with Gasteiger partial charge in [-0.15, -0.1) is 0 Å². The molecule has 0 aliphatic rings. The first-order valence-corrected chi connectivity index (χ1v) is 7.99. The highest BCUT2D eigenvalue weighted by Gasteiger charge is 2.16. The van der Waals surface area contributed by atoms with Crippen molar-refractivity contribution in [3.63, 3.8) is 0 Å². The van der Waals surface area contributed by atoms with Crippen LogP contribution >= 0.6 is 23.2 Å². The highest BCUT2D eigenvalue weighted by molar-refractivity contribution is 6.43. The second-order valence-electron chi connectivity index (χ2n) is 5.13. The van der Waals surface area contributed by atoms with Gasteiger partial charge in [0.05, 0.1) is 28.9 Å². The molecule has 6 nitrogen and oxygen atoms in total. The van der Waals surface area contributed by atoms with Crippen LogP contribution in [0.3, 0.4) is 0 Å². The van der Waals surface area contributed by atoms with Crippen LogP contribution < -0.4 is 10.1 Å². The van der Waals surface area contributed by atoms with E-state index in [-0.39, 0.29) is 6.04 Å². The van der Waals surface area contributed by atoms with Gasteiger partial charge < -0.3 is 10.1 Å². The molecule has 2 aromatic carbocycles. The number of rotatable bonds is 5. The summed E-state index contributed by atoms with van der Waals surface area (Å²) in [6.07, 6.45) is 0. The first-order chi connectivity index (χ1) is 11.6. The number of halogens is 2. The lowest BCUT2D eigenvalue weighted by molar-refractivity contribution is 0.414. The van der Waals surface area contributed by atoms with E-state index in [1.807, 2.05) is 31.2 Å². The number of aromatic nitrogens is 4. The average Bonchev–Trinajstić information content (AvgIpc) is 3.05. The van der Waals surface area contributed by atoms with Crippen molar-refractivity contribution in [2.45, 2.75) is 13.0 Å². The van der Waals surface area contributed by atoms with E-state index in [2.05, 4.69) is 20.8 Å². The van der Waals surface area contributed by atoms with E-state index in [1.54, 1.807) is 25.3 Å². The van der Waals surface area contributed by atoms with Crippen LogP contribution in [0.1, 0.15) is 18.5 Å². The molecule has 1 heterocycles. The summed E-state index contributed by atoms with van der Waals surface area (Å²) < 4.78 is 6.78. The van der Waals surface area contributed by atoms with Crippen molar-refractivity contribution in [1.29, 1.82) is 0 Å². The van der Waals surface area contributed by atoms with E-state index in [9.17, 15) is 0 Å².